The molecule has 2 fully saturated rings. The SMILES string of the molecule is CCOC(=O)N1CCN(c2nc3c(C)cccc3cc2CN(CC2CCCO2)C(=O)c2cccs2)CC1. The molecular weight excluding hydrogens is 488 g/mol. The summed E-state index contributed by atoms with van der Waals surface area (Å²) in [7, 11) is 0. The smallest absolute Gasteiger partial charge is 0.409 e. The second-order valence-electron chi connectivity index (χ2n) is 9.59. The Morgan fingerprint density at radius 1 is 1.19 bits per heavy atom. The van der Waals surface area contributed by atoms with Gasteiger partial charge in [-0.1, -0.05) is 24.3 Å². The highest BCUT2D eigenvalue weighted by Crippen LogP contribution is 2.29. The molecule has 9 heteroatoms. The number of rotatable bonds is 7. The summed E-state index contributed by atoms with van der Waals surface area (Å²) in [5, 5.41) is 3.00. The fraction of sp³-hybridized carbons (Fsp3) is 0.464. The summed E-state index contributed by atoms with van der Waals surface area (Å²) in [6.07, 6.45) is 1.77. The van der Waals surface area contributed by atoms with Crippen LogP contribution in [0.25, 0.3) is 10.9 Å². The van der Waals surface area contributed by atoms with Crippen molar-refractivity contribution in [2.24, 2.45) is 0 Å². The van der Waals surface area contributed by atoms with Gasteiger partial charge in [0.05, 0.1) is 23.1 Å². The highest BCUT2D eigenvalue weighted by atomic mass is 32.1. The lowest BCUT2D eigenvalue weighted by atomic mass is 10.1. The maximum atomic E-state index is 13.6. The molecule has 0 N–H and O–H groups in total. The number of benzene rings is 1. The van der Waals surface area contributed by atoms with Crippen molar-refractivity contribution < 1.29 is 19.1 Å². The summed E-state index contributed by atoms with van der Waals surface area (Å²) < 4.78 is 11.1. The van der Waals surface area contributed by atoms with E-state index in [1.54, 1.807) is 4.90 Å². The number of hydrogen-bond donors (Lipinski definition) is 0. The van der Waals surface area contributed by atoms with Gasteiger partial charge >= 0.3 is 6.09 Å². The first-order valence-electron chi connectivity index (χ1n) is 13.0. The summed E-state index contributed by atoms with van der Waals surface area (Å²) in [5.74, 6) is 0.898. The first-order valence-corrected chi connectivity index (χ1v) is 13.9. The number of nitrogens with zero attached hydrogens (tertiary/aromatic N) is 4. The Labute approximate surface area is 221 Å². The lowest BCUT2D eigenvalue weighted by Crippen LogP contribution is -2.49. The van der Waals surface area contributed by atoms with Gasteiger partial charge in [0.2, 0.25) is 0 Å². The van der Waals surface area contributed by atoms with Crippen molar-refractivity contribution in [3.05, 3.63) is 57.8 Å². The standard InChI is InChI=1S/C28H34N4O4S/c1-3-35-28(34)31-13-11-30(12-14-31)26-22(17-21-8-4-7-20(2)25(21)29-26)18-32(19-23-9-5-15-36-23)27(33)24-10-6-16-37-24/h4,6-8,10,16-17,23H,3,5,9,11-15,18-19H2,1-2H3. The van der Waals surface area contributed by atoms with Crippen molar-refractivity contribution in [1.82, 2.24) is 14.8 Å². The number of pyridine rings is 1. The number of aryl methyl sites for hydroxylation is 1. The van der Waals surface area contributed by atoms with Gasteiger partial charge in [-0.15, -0.1) is 11.3 Å². The first-order chi connectivity index (χ1) is 18.0. The number of para-hydroxylation sites is 1. The Balaban J connectivity index is 1.46. The van der Waals surface area contributed by atoms with Crippen LogP contribution in [0.4, 0.5) is 10.6 Å². The van der Waals surface area contributed by atoms with Crippen LogP contribution in [-0.4, -0.2) is 78.8 Å². The van der Waals surface area contributed by atoms with Crippen LogP contribution in [0, 0.1) is 6.92 Å². The number of amides is 2. The van der Waals surface area contributed by atoms with Gasteiger partial charge in [-0.25, -0.2) is 9.78 Å². The van der Waals surface area contributed by atoms with Crippen LogP contribution >= 0.6 is 11.3 Å². The summed E-state index contributed by atoms with van der Waals surface area (Å²) in [6, 6.07) is 12.2. The quantitative estimate of drug-likeness (QED) is 0.448. The molecule has 0 aliphatic carbocycles. The van der Waals surface area contributed by atoms with Crippen molar-refractivity contribution >= 4 is 40.1 Å². The fourth-order valence-corrected chi connectivity index (χ4v) is 5.79. The minimum Gasteiger partial charge on any atom is -0.450 e. The maximum Gasteiger partial charge on any atom is 0.409 e. The van der Waals surface area contributed by atoms with E-state index in [2.05, 4.69) is 30.0 Å². The van der Waals surface area contributed by atoms with Gasteiger partial charge in [-0.3, -0.25) is 4.79 Å². The summed E-state index contributed by atoms with van der Waals surface area (Å²) >= 11 is 1.46. The number of carbonyl (C=O) groups excluding carboxylic acids is 2. The third-order valence-electron chi connectivity index (χ3n) is 7.04. The number of fused-ring (bicyclic) bond motifs is 1. The van der Waals surface area contributed by atoms with Crippen molar-refractivity contribution in [2.75, 3.05) is 50.8 Å². The van der Waals surface area contributed by atoms with Crippen molar-refractivity contribution in [3.8, 4) is 0 Å². The molecule has 0 saturated carbocycles. The van der Waals surface area contributed by atoms with Crippen LogP contribution in [0.2, 0.25) is 0 Å². The van der Waals surface area contributed by atoms with E-state index < -0.39 is 0 Å². The van der Waals surface area contributed by atoms with Crippen LogP contribution in [0.3, 0.4) is 0 Å². The van der Waals surface area contributed by atoms with Gasteiger partial charge in [-0.2, -0.15) is 0 Å². The second-order valence-corrected chi connectivity index (χ2v) is 10.5. The zero-order chi connectivity index (χ0) is 25.8. The molecule has 0 bridgehead atoms. The molecule has 1 aromatic carbocycles. The minimum atomic E-state index is -0.269. The van der Waals surface area contributed by atoms with Crippen LogP contribution in [0.1, 0.15) is 40.6 Å². The average Bonchev–Trinajstić information content (AvgIpc) is 3.63. The van der Waals surface area contributed by atoms with E-state index >= 15 is 0 Å². The molecule has 1 unspecified atom stereocenters. The molecule has 0 radical (unpaired) electrons. The lowest BCUT2D eigenvalue weighted by molar-refractivity contribution is 0.0511. The van der Waals surface area contributed by atoms with Gasteiger partial charge in [0.1, 0.15) is 5.82 Å². The van der Waals surface area contributed by atoms with Gasteiger partial charge in [-0.05, 0) is 49.8 Å². The average molecular weight is 523 g/mol. The molecule has 2 amide bonds. The third kappa shape index (κ3) is 5.72. The van der Waals surface area contributed by atoms with E-state index in [9.17, 15) is 9.59 Å². The van der Waals surface area contributed by atoms with E-state index in [0.717, 1.165) is 52.2 Å². The zero-order valence-corrected chi connectivity index (χ0v) is 22.3. The monoisotopic (exact) mass is 522 g/mol. The van der Waals surface area contributed by atoms with Gasteiger partial charge in [0.25, 0.3) is 5.91 Å². The third-order valence-corrected chi connectivity index (χ3v) is 7.90. The predicted octanol–water partition coefficient (Wildman–Crippen LogP) is 4.70. The predicted molar refractivity (Wildman–Crippen MR) is 145 cm³/mol. The molecule has 2 aromatic heterocycles. The fourth-order valence-electron chi connectivity index (χ4n) is 5.10. The van der Waals surface area contributed by atoms with Crippen LogP contribution < -0.4 is 4.90 Å². The van der Waals surface area contributed by atoms with E-state index in [-0.39, 0.29) is 18.1 Å². The summed E-state index contributed by atoms with van der Waals surface area (Å²) in [4.78, 5) is 37.6. The van der Waals surface area contributed by atoms with Crippen LogP contribution in [0.5, 0.6) is 0 Å². The molecule has 5 rings (SSSR count). The summed E-state index contributed by atoms with van der Waals surface area (Å²) in [5.41, 5.74) is 3.08. The normalized spacial score (nSPS) is 17.8. The molecule has 37 heavy (non-hydrogen) atoms. The van der Waals surface area contributed by atoms with Gasteiger partial charge < -0.3 is 24.2 Å². The lowest BCUT2D eigenvalue weighted by Gasteiger charge is -2.36. The Kier molecular flexibility index (Phi) is 7.90. The molecule has 0 spiro atoms. The molecule has 1 atom stereocenters. The molecule has 3 aromatic rings. The summed E-state index contributed by atoms with van der Waals surface area (Å²) in [6.45, 7) is 8.45. The number of aromatic nitrogens is 1. The van der Waals surface area contributed by atoms with Gasteiger partial charge in [0, 0.05) is 56.8 Å². The van der Waals surface area contributed by atoms with Gasteiger partial charge in [0.15, 0.2) is 0 Å². The van der Waals surface area contributed by atoms with E-state index in [1.165, 1.54) is 11.3 Å². The number of thiophene rings is 1. The topological polar surface area (TPSA) is 75.2 Å². The Hall–Kier alpha value is -3.17. The number of hydrogen-bond acceptors (Lipinski definition) is 7. The Morgan fingerprint density at radius 3 is 2.73 bits per heavy atom. The molecule has 196 valence electrons. The van der Waals surface area contributed by atoms with E-state index in [4.69, 9.17) is 14.5 Å². The molecule has 2 aliphatic rings. The number of ether oxygens (including phenoxy) is 2. The number of piperazine rings is 1. The molecule has 2 aliphatic heterocycles. The van der Waals surface area contributed by atoms with E-state index in [0.29, 0.717) is 45.9 Å². The van der Waals surface area contributed by atoms with Crippen molar-refractivity contribution in [2.45, 2.75) is 39.3 Å². The minimum absolute atomic E-state index is 0.0212. The largest absolute Gasteiger partial charge is 0.450 e. The van der Waals surface area contributed by atoms with Crippen LogP contribution in [0.15, 0.2) is 41.8 Å². The first kappa shape index (κ1) is 25.5. The second kappa shape index (κ2) is 11.5. The maximum absolute atomic E-state index is 13.6. The highest BCUT2D eigenvalue weighted by molar-refractivity contribution is 7.12. The van der Waals surface area contributed by atoms with Crippen molar-refractivity contribution in [3.63, 3.8) is 0 Å². The molecule has 2 saturated heterocycles. The Morgan fingerprint density at radius 2 is 2.03 bits per heavy atom. The van der Waals surface area contributed by atoms with E-state index in [1.807, 2.05) is 35.4 Å². The van der Waals surface area contributed by atoms with Crippen molar-refractivity contribution in [1.29, 1.82) is 0 Å². The number of anilines is 1. The number of carbonyl (C=O) groups is 2. The van der Waals surface area contributed by atoms with Crippen LogP contribution in [-0.2, 0) is 16.0 Å². The Bertz CT molecular complexity index is 1230. The highest BCUT2D eigenvalue weighted by Gasteiger charge is 2.28. The molecule has 4 heterocycles. The zero-order valence-electron chi connectivity index (χ0n) is 21.5. The molecular formula is C28H34N4O4S. The molecule has 8 nitrogen and oxygen atoms in total.